The minimum atomic E-state index is -5.08. The highest BCUT2D eigenvalue weighted by atomic mass is 19.4. The second-order valence-corrected chi connectivity index (χ2v) is 7.21. The van der Waals surface area contributed by atoms with Crippen molar-refractivity contribution in [3.63, 3.8) is 0 Å². The molecule has 1 fully saturated rings. The maximum absolute atomic E-state index is 11.4. The lowest BCUT2D eigenvalue weighted by Gasteiger charge is -2.41. The van der Waals surface area contributed by atoms with Crippen LogP contribution in [0.4, 0.5) is 13.2 Å². The van der Waals surface area contributed by atoms with Crippen molar-refractivity contribution in [2.75, 3.05) is 0 Å². The standard InChI is InChI=1S/C17H23N3O2.C2HF3O2/c1-11-5-4-6-16-18-14(10-20(11)16)9-19-12(2)7-8-15(13(19)3)17(21)22;3-2(4,5)1(6)7/h4-6,10,12-13,15H,7-9H2,1-3H3,(H,21,22);(H,6,7)/t12-,13+,15+;/m1./s1. The Morgan fingerprint density at radius 3 is 2.34 bits per heavy atom. The number of alkyl halides is 3. The lowest BCUT2D eigenvalue weighted by Crippen LogP contribution is -2.50. The number of nitrogens with zero attached hydrogens (tertiary/aromatic N) is 3. The van der Waals surface area contributed by atoms with Crippen molar-refractivity contribution in [3.8, 4) is 0 Å². The number of likely N-dealkylation sites (tertiary alicyclic amines) is 1. The molecule has 0 saturated carbocycles. The van der Waals surface area contributed by atoms with Crippen LogP contribution in [0.1, 0.15) is 38.1 Å². The summed E-state index contributed by atoms with van der Waals surface area (Å²) in [6, 6.07) is 6.49. The van der Waals surface area contributed by atoms with Gasteiger partial charge in [0.05, 0.1) is 11.6 Å². The molecule has 0 aromatic carbocycles. The number of carbonyl (C=O) groups is 2. The summed E-state index contributed by atoms with van der Waals surface area (Å²) in [7, 11) is 0. The molecule has 0 aliphatic carbocycles. The number of rotatable bonds is 3. The van der Waals surface area contributed by atoms with E-state index in [9.17, 15) is 23.1 Å². The van der Waals surface area contributed by atoms with Gasteiger partial charge in [0.25, 0.3) is 0 Å². The van der Waals surface area contributed by atoms with Crippen LogP contribution in [-0.2, 0) is 16.1 Å². The average Bonchev–Trinajstić information content (AvgIpc) is 3.02. The highest BCUT2D eigenvalue weighted by Crippen LogP contribution is 2.29. The van der Waals surface area contributed by atoms with Crippen molar-refractivity contribution < 1.29 is 33.0 Å². The van der Waals surface area contributed by atoms with Gasteiger partial charge in [-0.1, -0.05) is 6.07 Å². The van der Waals surface area contributed by atoms with E-state index in [2.05, 4.69) is 40.4 Å². The van der Waals surface area contributed by atoms with E-state index in [1.807, 2.05) is 19.1 Å². The second kappa shape index (κ2) is 8.81. The van der Waals surface area contributed by atoms with E-state index >= 15 is 0 Å². The summed E-state index contributed by atoms with van der Waals surface area (Å²) in [5.74, 6) is -3.72. The molecular formula is C19H24F3N3O4. The molecule has 0 radical (unpaired) electrons. The second-order valence-electron chi connectivity index (χ2n) is 7.21. The summed E-state index contributed by atoms with van der Waals surface area (Å²) in [4.78, 5) is 27.3. The Kier molecular flexibility index (Phi) is 6.89. The van der Waals surface area contributed by atoms with E-state index in [0.29, 0.717) is 12.6 Å². The molecule has 0 bridgehead atoms. The third-order valence-electron chi connectivity index (χ3n) is 5.22. The van der Waals surface area contributed by atoms with Crippen LogP contribution in [0.2, 0.25) is 0 Å². The Balaban J connectivity index is 0.000000370. The molecule has 10 heteroatoms. The first-order chi connectivity index (χ1) is 13.4. The molecule has 0 amide bonds. The van der Waals surface area contributed by atoms with Crippen molar-refractivity contribution in [1.29, 1.82) is 0 Å². The van der Waals surface area contributed by atoms with Crippen molar-refractivity contribution in [2.45, 2.75) is 58.4 Å². The first kappa shape index (κ1) is 22.7. The van der Waals surface area contributed by atoms with Crippen molar-refractivity contribution in [1.82, 2.24) is 14.3 Å². The average molecular weight is 415 g/mol. The van der Waals surface area contributed by atoms with Crippen LogP contribution in [0.3, 0.4) is 0 Å². The molecule has 0 spiro atoms. The van der Waals surface area contributed by atoms with E-state index < -0.39 is 18.1 Å². The monoisotopic (exact) mass is 415 g/mol. The Hall–Kier alpha value is -2.62. The summed E-state index contributed by atoms with van der Waals surface area (Å²) in [6.07, 6.45) is -1.33. The summed E-state index contributed by atoms with van der Waals surface area (Å²) in [5.41, 5.74) is 3.10. The number of aromatic nitrogens is 2. The molecule has 3 heterocycles. The number of pyridine rings is 1. The Morgan fingerprint density at radius 1 is 1.21 bits per heavy atom. The summed E-state index contributed by atoms with van der Waals surface area (Å²) < 4.78 is 33.8. The zero-order chi connectivity index (χ0) is 21.9. The van der Waals surface area contributed by atoms with Gasteiger partial charge in [0.2, 0.25) is 0 Å². The van der Waals surface area contributed by atoms with Gasteiger partial charge in [0.15, 0.2) is 0 Å². The molecule has 3 atom stereocenters. The molecule has 2 aromatic rings. The third-order valence-corrected chi connectivity index (χ3v) is 5.22. The van der Waals surface area contributed by atoms with E-state index in [0.717, 1.165) is 29.9 Å². The van der Waals surface area contributed by atoms with Gasteiger partial charge in [-0.15, -0.1) is 0 Å². The van der Waals surface area contributed by atoms with E-state index in [1.165, 1.54) is 0 Å². The smallest absolute Gasteiger partial charge is 0.481 e. The number of fused-ring (bicyclic) bond motifs is 1. The molecule has 3 rings (SSSR count). The van der Waals surface area contributed by atoms with Crippen LogP contribution in [0.15, 0.2) is 24.4 Å². The molecule has 0 unspecified atom stereocenters. The molecule has 1 aliphatic heterocycles. The minimum Gasteiger partial charge on any atom is -0.481 e. The predicted octanol–water partition coefficient (Wildman–Crippen LogP) is 3.35. The fourth-order valence-electron chi connectivity index (χ4n) is 3.55. The van der Waals surface area contributed by atoms with Crippen LogP contribution in [0.5, 0.6) is 0 Å². The third kappa shape index (κ3) is 5.47. The number of halogens is 3. The molecular weight excluding hydrogens is 391 g/mol. The lowest BCUT2D eigenvalue weighted by molar-refractivity contribution is -0.192. The number of aliphatic carboxylic acids is 2. The summed E-state index contributed by atoms with van der Waals surface area (Å²) in [5, 5.41) is 16.5. The van der Waals surface area contributed by atoms with Crippen LogP contribution in [0.25, 0.3) is 5.65 Å². The topological polar surface area (TPSA) is 95.1 Å². The quantitative estimate of drug-likeness (QED) is 0.798. The molecule has 160 valence electrons. The normalized spacial score (nSPS) is 22.8. The highest BCUT2D eigenvalue weighted by Gasteiger charge is 2.38. The molecule has 2 N–H and O–H groups in total. The molecule has 1 saturated heterocycles. The Labute approximate surface area is 165 Å². The zero-order valence-electron chi connectivity index (χ0n) is 16.3. The van der Waals surface area contributed by atoms with E-state index in [4.69, 9.17) is 9.90 Å². The van der Waals surface area contributed by atoms with E-state index in [-0.39, 0.29) is 12.0 Å². The van der Waals surface area contributed by atoms with Gasteiger partial charge < -0.3 is 14.6 Å². The number of imidazole rings is 1. The number of aryl methyl sites for hydroxylation is 1. The van der Waals surface area contributed by atoms with Crippen molar-refractivity contribution in [3.05, 3.63) is 35.8 Å². The minimum absolute atomic E-state index is 0.0344. The highest BCUT2D eigenvalue weighted by molar-refractivity contribution is 5.73. The predicted molar refractivity (Wildman–Crippen MR) is 98.4 cm³/mol. The van der Waals surface area contributed by atoms with E-state index in [1.54, 1.807) is 0 Å². The molecule has 29 heavy (non-hydrogen) atoms. The van der Waals surface area contributed by atoms with Crippen LogP contribution in [0, 0.1) is 12.8 Å². The lowest BCUT2D eigenvalue weighted by atomic mass is 9.86. The van der Waals surface area contributed by atoms with Gasteiger partial charge in [0, 0.05) is 30.5 Å². The number of hydrogen-bond donors (Lipinski definition) is 2. The van der Waals surface area contributed by atoms with Gasteiger partial charge >= 0.3 is 18.1 Å². The number of piperidine rings is 1. The van der Waals surface area contributed by atoms with Crippen LogP contribution in [-0.4, -0.2) is 54.7 Å². The van der Waals surface area contributed by atoms with Crippen LogP contribution >= 0.6 is 0 Å². The number of carboxylic acid groups (broad SMARTS) is 2. The fourth-order valence-corrected chi connectivity index (χ4v) is 3.55. The van der Waals surface area contributed by atoms with Crippen LogP contribution < -0.4 is 0 Å². The molecule has 7 nitrogen and oxygen atoms in total. The fraction of sp³-hybridized carbons (Fsp3) is 0.526. The number of hydrogen-bond acceptors (Lipinski definition) is 4. The molecule has 1 aliphatic rings. The van der Waals surface area contributed by atoms with Gasteiger partial charge in [0.1, 0.15) is 5.65 Å². The van der Waals surface area contributed by atoms with Gasteiger partial charge in [-0.25, -0.2) is 9.78 Å². The largest absolute Gasteiger partial charge is 0.490 e. The van der Waals surface area contributed by atoms with Crippen molar-refractivity contribution in [2.24, 2.45) is 5.92 Å². The Morgan fingerprint density at radius 2 is 1.83 bits per heavy atom. The van der Waals surface area contributed by atoms with Gasteiger partial charge in [-0.2, -0.15) is 13.2 Å². The summed E-state index contributed by atoms with van der Waals surface area (Å²) >= 11 is 0. The first-order valence-corrected chi connectivity index (χ1v) is 9.14. The zero-order valence-corrected chi connectivity index (χ0v) is 16.3. The SMILES string of the molecule is Cc1cccc2nc(CN3[C@H](C)CC[C@H](C(=O)O)[C@@H]3C)cn12.O=C(O)C(F)(F)F. The van der Waals surface area contributed by atoms with Gasteiger partial charge in [-0.3, -0.25) is 9.69 Å². The maximum atomic E-state index is 11.4. The summed E-state index contributed by atoms with van der Waals surface area (Å²) in [6.45, 7) is 6.96. The number of carboxylic acids is 2. The van der Waals surface area contributed by atoms with Crippen molar-refractivity contribution >= 4 is 17.6 Å². The Bertz CT molecular complexity index is 881. The first-order valence-electron chi connectivity index (χ1n) is 9.14. The van der Waals surface area contributed by atoms with Gasteiger partial charge in [-0.05, 0) is 45.7 Å². The maximum Gasteiger partial charge on any atom is 0.490 e. The molecule has 2 aromatic heterocycles.